The minimum atomic E-state index is -0.427. The number of aliphatic hydroxyl groups excluding tert-OH is 1. The molecule has 0 saturated heterocycles. The third-order valence-electron chi connectivity index (χ3n) is 6.69. The van der Waals surface area contributed by atoms with Crippen molar-refractivity contribution in [3.63, 3.8) is 0 Å². The topological polar surface area (TPSA) is 176 Å². The number of hydroxylamine groups is 1. The molecular formula is C31H40ClN7O5. The maximum absolute atomic E-state index is 13.6. The van der Waals surface area contributed by atoms with Gasteiger partial charge in [-0.3, -0.25) is 19.6 Å². The molecule has 0 aliphatic carbocycles. The Morgan fingerprint density at radius 3 is 2.61 bits per heavy atom. The van der Waals surface area contributed by atoms with E-state index >= 15 is 0 Å². The Morgan fingerprint density at radius 1 is 1.27 bits per heavy atom. The lowest BCUT2D eigenvalue weighted by atomic mass is 9.99. The lowest BCUT2D eigenvalue weighted by Gasteiger charge is -2.22. The highest BCUT2D eigenvalue weighted by Crippen LogP contribution is 2.31. The summed E-state index contributed by atoms with van der Waals surface area (Å²) in [5, 5.41) is 17.2. The molecule has 2 heterocycles. The number of rotatable bonds is 12. The molecule has 3 aromatic rings. The molecule has 2 aromatic heterocycles. The number of fused-ring (bicyclic) bond motifs is 1. The highest BCUT2D eigenvalue weighted by Gasteiger charge is 2.22. The average molecular weight is 626 g/mol. The Hall–Kier alpha value is -4.26. The van der Waals surface area contributed by atoms with Crippen LogP contribution in [0.25, 0.3) is 16.5 Å². The number of allylic oxidation sites excluding steroid dienone is 1. The van der Waals surface area contributed by atoms with Crippen molar-refractivity contribution in [3.05, 3.63) is 74.0 Å². The number of hydrogen-bond acceptors (Lipinski definition) is 11. The Balaban J connectivity index is 2.08. The van der Waals surface area contributed by atoms with E-state index in [2.05, 4.69) is 35.9 Å². The largest absolute Gasteiger partial charge is 0.455 e. The highest BCUT2D eigenvalue weighted by atomic mass is 35.5. The van der Waals surface area contributed by atoms with E-state index in [0.29, 0.717) is 45.6 Å². The van der Waals surface area contributed by atoms with Gasteiger partial charge in [0, 0.05) is 42.7 Å². The number of aliphatic hydroxyl groups is 1. The van der Waals surface area contributed by atoms with Crippen LogP contribution in [-0.4, -0.2) is 60.4 Å². The number of benzene rings is 1. The van der Waals surface area contributed by atoms with E-state index in [1.807, 2.05) is 40.7 Å². The van der Waals surface area contributed by atoms with Gasteiger partial charge in [0.2, 0.25) is 0 Å². The number of carbonyl (C=O) groups is 1. The Morgan fingerprint density at radius 2 is 2.00 bits per heavy atom. The van der Waals surface area contributed by atoms with Gasteiger partial charge in [-0.15, -0.1) is 0 Å². The number of nitrogens with two attached hydrogens (primary N) is 1. The number of hydrogen-bond donors (Lipinski definition) is 5. The van der Waals surface area contributed by atoms with E-state index in [9.17, 15) is 14.7 Å². The standard InChI is InChI=1S/C31H40ClN7O5/c1-17-10-22(19(3)37-24-8-9-25(32)38-26(24)30(34-7)39-43-16-41)29-23(11-17)27(42)18(2)28(44-29)20(12-33)13-35-21(15-40)14-36-31(4,5)6/h8-13,16,19,21,36-37,40H,14-15,33H2,1-7H3,(H,34,39)/b20-12+,35-13?. The SMILES string of the molecule is CN=C(NOC=O)c1nc(Cl)ccc1NC(C)c1cc(C)cc2c(=O)c(C)c(/C(C=NC(CO)CNC(C)(C)C)=C/N)oc12. The van der Waals surface area contributed by atoms with Gasteiger partial charge in [0.15, 0.2) is 11.3 Å². The quantitative estimate of drug-likeness (QED) is 0.0654. The van der Waals surface area contributed by atoms with Gasteiger partial charge in [-0.05, 0) is 65.3 Å². The van der Waals surface area contributed by atoms with E-state index in [0.717, 1.165) is 5.56 Å². The molecule has 13 heteroatoms. The van der Waals surface area contributed by atoms with E-state index < -0.39 is 12.1 Å². The van der Waals surface area contributed by atoms with Crippen LogP contribution < -0.4 is 27.3 Å². The highest BCUT2D eigenvalue weighted by molar-refractivity contribution is 6.29. The van der Waals surface area contributed by atoms with Crippen LogP contribution in [0.1, 0.15) is 61.9 Å². The van der Waals surface area contributed by atoms with Crippen molar-refractivity contribution in [2.45, 2.75) is 59.2 Å². The van der Waals surface area contributed by atoms with Gasteiger partial charge >= 0.3 is 6.47 Å². The van der Waals surface area contributed by atoms with Gasteiger partial charge in [-0.1, -0.05) is 17.7 Å². The Labute approximate surface area is 261 Å². The average Bonchev–Trinajstić information content (AvgIpc) is 2.98. The van der Waals surface area contributed by atoms with Crippen molar-refractivity contribution in [2.75, 3.05) is 25.5 Å². The van der Waals surface area contributed by atoms with E-state index in [1.165, 1.54) is 19.5 Å². The smallest absolute Gasteiger partial charge is 0.320 e. The third-order valence-corrected chi connectivity index (χ3v) is 6.90. The second kappa shape index (κ2) is 15.0. The van der Waals surface area contributed by atoms with Crippen LogP contribution in [0.5, 0.6) is 0 Å². The number of aryl methyl sites for hydroxylation is 1. The molecule has 6 N–H and O–H groups in total. The van der Waals surface area contributed by atoms with E-state index in [1.54, 1.807) is 25.1 Å². The number of anilines is 1. The minimum absolute atomic E-state index is 0.149. The van der Waals surface area contributed by atoms with Gasteiger partial charge in [0.05, 0.1) is 35.3 Å². The summed E-state index contributed by atoms with van der Waals surface area (Å²) in [5.74, 6) is 0.444. The number of aliphatic imine (C=N–C) groups is 2. The molecule has 236 valence electrons. The van der Waals surface area contributed by atoms with Crippen molar-refractivity contribution in [1.82, 2.24) is 15.8 Å². The summed E-state index contributed by atoms with van der Waals surface area (Å²) in [6, 6.07) is 6.20. The molecule has 0 fully saturated rings. The monoisotopic (exact) mass is 625 g/mol. The lowest BCUT2D eigenvalue weighted by molar-refractivity contribution is -0.132. The van der Waals surface area contributed by atoms with Crippen molar-refractivity contribution in [3.8, 4) is 0 Å². The van der Waals surface area contributed by atoms with Gasteiger partial charge in [0.25, 0.3) is 0 Å². The molecule has 0 amide bonds. The van der Waals surface area contributed by atoms with Crippen LogP contribution in [0, 0.1) is 13.8 Å². The summed E-state index contributed by atoms with van der Waals surface area (Å²) >= 11 is 6.16. The first-order valence-corrected chi connectivity index (χ1v) is 14.4. The van der Waals surface area contributed by atoms with Crippen LogP contribution in [0.4, 0.5) is 5.69 Å². The Bertz CT molecular complexity index is 1640. The zero-order valence-electron chi connectivity index (χ0n) is 26.0. The molecule has 0 saturated carbocycles. The third kappa shape index (κ3) is 8.43. The molecule has 2 atom stereocenters. The zero-order valence-corrected chi connectivity index (χ0v) is 26.7. The second-order valence-corrected chi connectivity index (χ2v) is 11.7. The van der Waals surface area contributed by atoms with E-state index in [4.69, 9.17) is 21.8 Å². The van der Waals surface area contributed by atoms with Crippen molar-refractivity contribution in [2.24, 2.45) is 15.7 Å². The van der Waals surface area contributed by atoms with E-state index in [-0.39, 0.29) is 40.8 Å². The predicted molar refractivity (Wildman–Crippen MR) is 175 cm³/mol. The molecule has 2 unspecified atom stereocenters. The number of carbonyl (C=O) groups excluding carboxylic acids is 1. The molecule has 0 aliphatic heterocycles. The van der Waals surface area contributed by atoms with Crippen molar-refractivity contribution in [1.29, 1.82) is 0 Å². The molecule has 12 nitrogen and oxygen atoms in total. The number of amidine groups is 1. The predicted octanol–water partition coefficient (Wildman–Crippen LogP) is 3.80. The number of halogens is 1. The minimum Gasteiger partial charge on any atom is -0.455 e. The fourth-order valence-electron chi connectivity index (χ4n) is 4.44. The number of nitrogens with one attached hydrogen (secondary N) is 3. The van der Waals surface area contributed by atoms with Gasteiger partial charge < -0.3 is 30.7 Å². The molecule has 0 aliphatic rings. The fourth-order valence-corrected chi connectivity index (χ4v) is 4.59. The molecule has 1 aromatic carbocycles. The normalized spacial score (nSPS) is 14.1. The van der Waals surface area contributed by atoms with Crippen LogP contribution in [0.2, 0.25) is 5.15 Å². The maximum atomic E-state index is 13.6. The fraction of sp³-hybridized carbons (Fsp3) is 0.387. The van der Waals surface area contributed by atoms with Gasteiger partial charge in [0.1, 0.15) is 22.2 Å². The van der Waals surface area contributed by atoms with Crippen molar-refractivity contribution < 1.29 is 19.2 Å². The van der Waals surface area contributed by atoms with Crippen LogP contribution in [-0.2, 0) is 9.63 Å². The van der Waals surface area contributed by atoms with Crippen LogP contribution >= 0.6 is 11.6 Å². The lowest BCUT2D eigenvalue weighted by Crippen LogP contribution is -2.41. The molecule has 0 radical (unpaired) electrons. The molecule has 0 bridgehead atoms. The van der Waals surface area contributed by atoms with Gasteiger partial charge in [-0.25, -0.2) is 4.98 Å². The Kier molecular flexibility index (Phi) is 11.6. The van der Waals surface area contributed by atoms with Crippen molar-refractivity contribution >= 4 is 52.4 Å². The maximum Gasteiger partial charge on any atom is 0.320 e. The molecule has 44 heavy (non-hydrogen) atoms. The summed E-state index contributed by atoms with van der Waals surface area (Å²) in [7, 11) is 1.51. The first-order valence-electron chi connectivity index (χ1n) is 14.0. The summed E-state index contributed by atoms with van der Waals surface area (Å²) < 4.78 is 6.43. The molecule has 3 rings (SSSR count). The first kappa shape index (κ1) is 34.2. The number of nitrogens with zero attached hydrogens (tertiary/aromatic N) is 3. The van der Waals surface area contributed by atoms with Crippen LogP contribution in [0.15, 0.2) is 49.7 Å². The summed E-state index contributed by atoms with van der Waals surface area (Å²) in [6.07, 6.45) is 2.84. The van der Waals surface area contributed by atoms with Gasteiger partial charge in [-0.2, -0.15) is 5.48 Å². The summed E-state index contributed by atoms with van der Waals surface area (Å²) in [5.41, 5.74) is 11.6. The second-order valence-electron chi connectivity index (χ2n) is 11.3. The van der Waals surface area contributed by atoms with Crippen LogP contribution in [0.3, 0.4) is 0 Å². The molecule has 0 spiro atoms. The number of aromatic nitrogens is 1. The summed E-state index contributed by atoms with van der Waals surface area (Å²) in [4.78, 5) is 42.0. The summed E-state index contributed by atoms with van der Waals surface area (Å²) in [6.45, 7) is 12.1. The number of pyridine rings is 1. The zero-order chi connectivity index (χ0) is 32.6. The molecular weight excluding hydrogens is 586 g/mol. The first-order chi connectivity index (χ1) is 20.8.